The third-order valence-corrected chi connectivity index (χ3v) is 2.25. The van der Waals surface area contributed by atoms with Crippen LogP contribution >= 0.6 is 0 Å². The first kappa shape index (κ1) is 12.3. The fourth-order valence-electron chi connectivity index (χ4n) is 1.55. The molecule has 0 aliphatic heterocycles. The largest absolute Gasteiger partial charge is 0.573 e. The molecule has 2 rings (SSSR count). The highest BCUT2D eigenvalue weighted by Crippen LogP contribution is 2.29. The number of para-hydroxylation sites is 1. The van der Waals surface area contributed by atoms with Crippen LogP contribution < -0.4 is 15.0 Å². The van der Waals surface area contributed by atoms with Crippen LogP contribution in [0.2, 0.25) is 0 Å². The maximum absolute atomic E-state index is 12.2. The summed E-state index contributed by atoms with van der Waals surface area (Å²) in [5.74, 6) is -0.439. The maximum Gasteiger partial charge on any atom is 0.573 e. The Morgan fingerprint density at radius 1 is 1.22 bits per heavy atom. The van der Waals surface area contributed by atoms with Gasteiger partial charge in [-0.1, -0.05) is 12.1 Å². The number of H-pyrrole nitrogens is 1. The Hall–Kier alpha value is -2.18. The maximum atomic E-state index is 12.2. The molecule has 0 fully saturated rings. The Morgan fingerprint density at radius 3 is 2.56 bits per heavy atom. The Kier molecular flexibility index (Phi) is 2.90. The number of ether oxygens (including phenoxy) is 2. The minimum absolute atomic E-state index is 0.0201. The number of aromatic nitrogens is 1. The number of rotatable bonds is 2. The summed E-state index contributed by atoms with van der Waals surface area (Å²) in [5.41, 5.74) is -0.649. The average Bonchev–Trinajstić information content (AvgIpc) is 2.27. The number of halogens is 3. The van der Waals surface area contributed by atoms with Gasteiger partial charge in [0, 0.05) is 5.39 Å². The lowest BCUT2D eigenvalue weighted by Gasteiger charge is -2.11. The predicted molar refractivity (Wildman–Crippen MR) is 57.8 cm³/mol. The van der Waals surface area contributed by atoms with E-state index in [1.54, 1.807) is 0 Å². The van der Waals surface area contributed by atoms with Gasteiger partial charge in [0.05, 0.1) is 12.6 Å². The normalized spacial score (nSPS) is 11.6. The summed E-state index contributed by atoms with van der Waals surface area (Å²) in [6.07, 6.45) is -4.81. The van der Waals surface area contributed by atoms with E-state index in [1.807, 2.05) is 0 Å². The van der Waals surface area contributed by atoms with Crippen molar-refractivity contribution in [2.24, 2.45) is 0 Å². The lowest BCUT2D eigenvalue weighted by molar-refractivity contribution is -0.274. The summed E-state index contributed by atoms with van der Waals surface area (Å²) >= 11 is 0. The minimum Gasteiger partial charge on any atom is -0.491 e. The van der Waals surface area contributed by atoms with Gasteiger partial charge in [-0.3, -0.25) is 4.79 Å². The van der Waals surface area contributed by atoms with Crippen molar-refractivity contribution in [1.82, 2.24) is 4.98 Å². The third kappa shape index (κ3) is 2.39. The van der Waals surface area contributed by atoms with Crippen LogP contribution in [0.25, 0.3) is 10.9 Å². The second kappa shape index (κ2) is 4.25. The molecule has 1 aromatic heterocycles. The van der Waals surface area contributed by atoms with E-state index < -0.39 is 17.7 Å². The second-order valence-electron chi connectivity index (χ2n) is 3.44. The highest BCUT2D eigenvalue weighted by Gasteiger charge is 2.32. The Labute approximate surface area is 98.9 Å². The van der Waals surface area contributed by atoms with Crippen LogP contribution in [0.15, 0.2) is 29.1 Å². The first-order valence-corrected chi connectivity index (χ1v) is 4.86. The summed E-state index contributed by atoms with van der Waals surface area (Å²) in [7, 11) is 1.30. The van der Waals surface area contributed by atoms with E-state index in [2.05, 4.69) is 9.72 Å². The topological polar surface area (TPSA) is 51.3 Å². The lowest BCUT2D eigenvalue weighted by Crippen LogP contribution is -2.18. The van der Waals surface area contributed by atoms with E-state index in [0.29, 0.717) is 5.39 Å². The highest BCUT2D eigenvalue weighted by molar-refractivity contribution is 5.85. The Bertz CT molecular complexity index is 633. The van der Waals surface area contributed by atoms with Crippen molar-refractivity contribution in [3.05, 3.63) is 34.6 Å². The van der Waals surface area contributed by atoms with Crippen molar-refractivity contribution < 1.29 is 22.6 Å². The van der Waals surface area contributed by atoms with Crippen molar-refractivity contribution in [2.45, 2.75) is 6.36 Å². The molecule has 1 N–H and O–H groups in total. The van der Waals surface area contributed by atoms with Gasteiger partial charge in [-0.2, -0.15) is 0 Å². The number of hydrogen-bond donors (Lipinski definition) is 1. The van der Waals surface area contributed by atoms with Crippen LogP contribution in [0.1, 0.15) is 0 Å². The highest BCUT2D eigenvalue weighted by atomic mass is 19.4. The first-order valence-electron chi connectivity index (χ1n) is 4.86. The summed E-state index contributed by atoms with van der Waals surface area (Å²) in [5, 5.41) is 0.383. The van der Waals surface area contributed by atoms with E-state index >= 15 is 0 Å². The fourth-order valence-corrected chi connectivity index (χ4v) is 1.55. The molecule has 7 heteroatoms. The monoisotopic (exact) mass is 259 g/mol. The molecule has 18 heavy (non-hydrogen) atoms. The van der Waals surface area contributed by atoms with Gasteiger partial charge in [-0.15, -0.1) is 13.2 Å². The van der Waals surface area contributed by atoms with Crippen LogP contribution in [0.4, 0.5) is 13.2 Å². The Balaban J connectivity index is 2.63. The predicted octanol–water partition coefficient (Wildman–Crippen LogP) is 2.44. The number of fused-ring (bicyclic) bond motifs is 1. The van der Waals surface area contributed by atoms with Crippen molar-refractivity contribution >= 4 is 10.9 Å². The van der Waals surface area contributed by atoms with Crippen LogP contribution in [-0.2, 0) is 0 Å². The van der Waals surface area contributed by atoms with E-state index in [-0.39, 0.29) is 11.3 Å². The second-order valence-corrected chi connectivity index (χ2v) is 3.44. The van der Waals surface area contributed by atoms with Crippen LogP contribution in [0, 0.1) is 0 Å². The number of pyridine rings is 1. The number of methoxy groups -OCH3 is 1. The lowest BCUT2D eigenvalue weighted by atomic mass is 10.2. The SMILES string of the molecule is COc1cc2cccc(OC(F)(F)F)c2[nH]c1=O. The quantitative estimate of drug-likeness (QED) is 0.901. The van der Waals surface area contributed by atoms with Gasteiger partial charge in [0.15, 0.2) is 11.5 Å². The zero-order valence-electron chi connectivity index (χ0n) is 9.17. The molecule has 1 aromatic carbocycles. The van der Waals surface area contributed by atoms with E-state index in [0.717, 1.165) is 6.07 Å². The van der Waals surface area contributed by atoms with Gasteiger partial charge in [-0.25, -0.2) is 0 Å². The molecule has 0 atom stereocenters. The average molecular weight is 259 g/mol. The van der Waals surface area contributed by atoms with E-state index in [1.165, 1.54) is 25.3 Å². The van der Waals surface area contributed by atoms with Crippen LogP contribution in [0.5, 0.6) is 11.5 Å². The van der Waals surface area contributed by atoms with Crippen molar-refractivity contribution in [1.29, 1.82) is 0 Å². The molecule has 0 bridgehead atoms. The summed E-state index contributed by atoms with van der Waals surface area (Å²) < 4.78 is 45.1. The molecular weight excluding hydrogens is 251 g/mol. The molecule has 96 valence electrons. The standard InChI is InChI=1S/C11H8F3NO3/c1-17-8-5-6-3-2-4-7(18-11(12,13)14)9(6)15-10(8)16/h2-5H,1H3,(H,15,16). The summed E-state index contributed by atoms with van der Waals surface area (Å²) in [6, 6.07) is 5.40. The summed E-state index contributed by atoms with van der Waals surface area (Å²) in [6.45, 7) is 0. The molecule has 0 aliphatic carbocycles. The smallest absolute Gasteiger partial charge is 0.491 e. The summed E-state index contributed by atoms with van der Waals surface area (Å²) in [4.78, 5) is 13.8. The van der Waals surface area contributed by atoms with Crippen molar-refractivity contribution in [3.63, 3.8) is 0 Å². The fraction of sp³-hybridized carbons (Fsp3) is 0.182. The molecule has 0 unspecified atom stereocenters. The molecule has 0 radical (unpaired) electrons. The van der Waals surface area contributed by atoms with Crippen LogP contribution in [-0.4, -0.2) is 18.5 Å². The van der Waals surface area contributed by atoms with E-state index in [9.17, 15) is 18.0 Å². The van der Waals surface area contributed by atoms with Gasteiger partial charge in [0.1, 0.15) is 0 Å². The van der Waals surface area contributed by atoms with Gasteiger partial charge in [-0.05, 0) is 12.1 Å². The van der Waals surface area contributed by atoms with Gasteiger partial charge in [0.2, 0.25) is 0 Å². The number of hydrogen-bond acceptors (Lipinski definition) is 3. The molecule has 2 aromatic rings. The van der Waals surface area contributed by atoms with Gasteiger partial charge >= 0.3 is 6.36 Å². The zero-order valence-corrected chi connectivity index (χ0v) is 9.17. The molecule has 0 spiro atoms. The number of alkyl halides is 3. The molecule has 0 saturated heterocycles. The zero-order chi connectivity index (χ0) is 13.3. The van der Waals surface area contributed by atoms with Crippen LogP contribution in [0.3, 0.4) is 0 Å². The molecule has 0 aliphatic rings. The minimum atomic E-state index is -4.81. The Morgan fingerprint density at radius 2 is 1.94 bits per heavy atom. The van der Waals surface area contributed by atoms with Gasteiger partial charge < -0.3 is 14.5 Å². The third-order valence-electron chi connectivity index (χ3n) is 2.25. The van der Waals surface area contributed by atoms with E-state index in [4.69, 9.17) is 4.74 Å². The van der Waals surface area contributed by atoms with Crippen molar-refractivity contribution in [3.8, 4) is 11.5 Å². The molecule has 1 heterocycles. The molecule has 0 saturated carbocycles. The van der Waals surface area contributed by atoms with Gasteiger partial charge in [0.25, 0.3) is 5.56 Å². The molecule has 0 amide bonds. The first-order chi connectivity index (χ1) is 8.40. The molecule has 4 nitrogen and oxygen atoms in total. The number of benzene rings is 1. The van der Waals surface area contributed by atoms with Crippen molar-refractivity contribution in [2.75, 3.05) is 7.11 Å². The number of nitrogens with one attached hydrogen (secondary N) is 1. The molecular formula is C11H8F3NO3. The number of aromatic amines is 1.